The monoisotopic (exact) mass is 154 g/mol. The van der Waals surface area contributed by atoms with E-state index >= 15 is 0 Å². The van der Waals surface area contributed by atoms with Crippen LogP contribution >= 0.6 is 0 Å². The third kappa shape index (κ3) is 3.55. The fraction of sp³-hybridized carbons (Fsp3) is 0.500. The second-order valence-corrected chi connectivity index (χ2v) is 2.24. The lowest BCUT2D eigenvalue weighted by Crippen LogP contribution is -2.11. The van der Waals surface area contributed by atoms with E-state index < -0.39 is 0 Å². The van der Waals surface area contributed by atoms with Crippen LogP contribution in [-0.4, -0.2) is 18.5 Å². The summed E-state index contributed by atoms with van der Waals surface area (Å²) in [6, 6.07) is 0. The van der Waals surface area contributed by atoms with Crippen LogP contribution in [0, 0.1) is 5.41 Å². The van der Waals surface area contributed by atoms with Gasteiger partial charge in [-0.1, -0.05) is 6.92 Å². The smallest absolute Gasteiger partial charge is 0.177 e. The van der Waals surface area contributed by atoms with Crippen molar-refractivity contribution in [1.82, 2.24) is 5.32 Å². The maximum Gasteiger partial charge on any atom is 0.177 e. The summed E-state index contributed by atoms with van der Waals surface area (Å²) in [6.07, 6.45) is 2.37. The summed E-state index contributed by atoms with van der Waals surface area (Å²) in [7, 11) is 1.78. The van der Waals surface area contributed by atoms with Gasteiger partial charge in [0.05, 0.1) is 5.71 Å². The van der Waals surface area contributed by atoms with E-state index in [-0.39, 0.29) is 11.5 Å². The molecule has 0 fully saturated rings. The third-order valence-electron chi connectivity index (χ3n) is 1.40. The number of hydrogen-bond acceptors (Lipinski definition) is 3. The fourth-order valence-corrected chi connectivity index (χ4v) is 0.627. The Balaban J connectivity index is 4.27. The van der Waals surface area contributed by atoms with Gasteiger partial charge in [-0.15, -0.1) is 0 Å². The number of Topliss-reactive ketones (excluding diaryl/α,β-unsaturated/α-hetero) is 1. The average Bonchev–Trinajstić information content (AvgIpc) is 1.99. The minimum Gasteiger partial charge on any atom is -0.391 e. The molecule has 0 aliphatic carbocycles. The molecule has 0 amide bonds. The zero-order valence-electron chi connectivity index (χ0n) is 7.19. The first-order chi connectivity index (χ1) is 5.11. The number of nitrogens with one attached hydrogen (secondary N) is 2. The topological polar surface area (TPSA) is 53.0 Å². The quantitative estimate of drug-likeness (QED) is 0.596. The van der Waals surface area contributed by atoms with E-state index in [0.29, 0.717) is 0 Å². The Kier molecular flexibility index (Phi) is 4.18. The van der Waals surface area contributed by atoms with Crippen molar-refractivity contribution in [2.45, 2.75) is 20.3 Å². The highest BCUT2D eigenvalue weighted by Gasteiger charge is 1.99. The molecule has 62 valence electrons. The Morgan fingerprint density at radius 2 is 2.18 bits per heavy atom. The van der Waals surface area contributed by atoms with Gasteiger partial charge < -0.3 is 5.32 Å². The molecule has 0 heterocycles. The molecule has 0 atom stereocenters. The van der Waals surface area contributed by atoms with Crippen LogP contribution in [0.2, 0.25) is 0 Å². The Morgan fingerprint density at radius 1 is 1.64 bits per heavy atom. The maximum atomic E-state index is 10.6. The maximum absolute atomic E-state index is 10.6. The molecule has 0 rings (SSSR count). The second-order valence-electron chi connectivity index (χ2n) is 2.24. The summed E-state index contributed by atoms with van der Waals surface area (Å²) < 4.78 is 0. The summed E-state index contributed by atoms with van der Waals surface area (Å²) in [5.41, 5.74) is 0.960. The normalized spacial score (nSPS) is 11.0. The van der Waals surface area contributed by atoms with Crippen LogP contribution in [0.5, 0.6) is 0 Å². The first kappa shape index (κ1) is 9.88. The van der Waals surface area contributed by atoms with Crippen LogP contribution < -0.4 is 5.32 Å². The molecule has 0 aromatic rings. The van der Waals surface area contributed by atoms with Gasteiger partial charge in [0.1, 0.15) is 0 Å². The molecule has 0 saturated heterocycles. The van der Waals surface area contributed by atoms with Crippen LogP contribution in [0.3, 0.4) is 0 Å². The Morgan fingerprint density at radius 3 is 2.45 bits per heavy atom. The van der Waals surface area contributed by atoms with E-state index in [1.165, 1.54) is 6.92 Å². The van der Waals surface area contributed by atoms with Crippen molar-refractivity contribution in [1.29, 1.82) is 5.41 Å². The van der Waals surface area contributed by atoms with Gasteiger partial charge in [-0.25, -0.2) is 0 Å². The zero-order valence-corrected chi connectivity index (χ0v) is 7.19. The van der Waals surface area contributed by atoms with Crippen LogP contribution in [-0.2, 0) is 4.79 Å². The molecule has 0 radical (unpaired) electrons. The number of ketones is 1. The standard InChI is InChI=1S/C8H14N2O/c1-4-7(10-3)5-8(9)6(2)11/h5,9-10H,4H2,1-3H3/b7-5-,9-8?. The zero-order chi connectivity index (χ0) is 8.85. The number of hydrogen-bond donors (Lipinski definition) is 2. The van der Waals surface area contributed by atoms with Gasteiger partial charge in [-0.2, -0.15) is 0 Å². The van der Waals surface area contributed by atoms with Gasteiger partial charge in [0.25, 0.3) is 0 Å². The predicted octanol–water partition coefficient (Wildman–Crippen LogP) is 1.11. The van der Waals surface area contributed by atoms with Crippen molar-refractivity contribution in [3.8, 4) is 0 Å². The van der Waals surface area contributed by atoms with Crippen molar-refractivity contribution in [2.24, 2.45) is 0 Å². The number of carbonyl (C=O) groups is 1. The lowest BCUT2D eigenvalue weighted by atomic mass is 10.2. The summed E-state index contributed by atoms with van der Waals surface area (Å²) in [6.45, 7) is 3.36. The molecule has 3 nitrogen and oxygen atoms in total. The van der Waals surface area contributed by atoms with Crippen molar-refractivity contribution >= 4 is 11.5 Å². The third-order valence-corrected chi connectivity index (χ3v) is 1.40. The number of rotatable bonds is 4. The molecule has 0 unspecified atom stereocenters. The molecule has 0 aliphatic rings. The minimum absolute atomic E-state index is 0.0520. The Hall–Kier alpha value is -1.12. The molecule has 0 spiro atoms. The molecule has 3 heteroatoms. The van der Waals surface area contributed by atoms with Crippen molar-refractivity contribution in [2.75, 3.05) is 7.05 Å². The second kappa shape index (κ2) is 4.66. The Bertz CT molecular complexity index is 188. The van der Waals surface area contributed by atoms with Crippen molar-refractivity contribution in [3.05, 3.63) is 11.8 Å². The highest BCUT2D eigenvalue weighted by molar-refractivity contribution is 6.42. The van der Waals surface area contributed by atoms with Gasteiger partial charge in [-0.05, 0) is 12.5 Å². The van der Waals surface area contributed by atoms with Crippen molar-refractivity contribution in [3.63, 3.8) is 0 Å². The molecule has 11 heavy (non-hydrogen) atoms. The predicted molar refractivity (Wildman–Crippen MR) is 45.8 cm³/mol. The summed E-state index contributed by atoms with van der Waals surface area (Å²) in [4.78, 5) is 10.6. The van der Waals surface area contributed by atoms with Crippen LogP contribution in [0.1, 0.15) is 20.3 Å². The van der Waals surface area contributed by atoms with E-state index in [2.05, 4.69) is 5.32 Å². The van der Waals surface area contributed by atoms with E-state index in [1.807, 2.05) is 6.92 Å². The van der Waals surface area contributed by atoms with Crippen LogP contribution in [0.4, 0.5) is 0 Å². The molecular formula is C8H14N2O. The molecule has 0 aromatic heterocycles. The number of allylic oxidation sites excluding steroid dienone is 2. The molecule has 0 saturated carbocycles. The largest absolute Gasteiger partial charge is 0.391 e. The van der Waals surface area contributed by atoms with Gasteiger partial charge >= 0.3 is 0 Å². The molecule has 2 N–H and O–H groups in total. The van der Waals surface area contributed by atoms with E-state index in [4.69, 9.17) is 5.41 Å². The molecule has 0 aromatic carbocycles. The first-order valence-electron chi connectivity index (χ1n) is 3.59. The average molecular weight is 154 g/mol. The highest BCUT2D eigenvalue weighted by Crippen LogP contribution is 1.94. The summed E-state index contributed by atoms with van der Waals surface area (Å²) >= 11 is 0. The van der Waals surface area contributed by atoms with Crippen LogP contribution in [0.15, 0.2) is 11.8 Å². The van der Waals surface area contributed by atoms with Gasteiger partial charge in [0, 0.05) is 19.7 Å². The lowest BCUT2D eigenvalue weighted by molar-refractivity contribution is -0.111. The fourth-order valence-electron chi connectivity index (χ4n) is 0.627. The Labute approximate surface area is 67.0 Å². The van der Waals surface area contributed by atoms with Gasteiger partial charge in [-0.3, -0.25) is 10.2 Å². The van der Waals surface area contributed by atoms with Crippen LogP contribution in [0.25, 0.3) is 0 Å². The molecular weight excluding hydrogens is 140 g/mol. The van der Waals surface area contributed by atoms with E-state index in [0.717, 1.165) is 12.1 Å². The van der Waals surface area contributed by atoms with E-state index in [9.17, 15) is 4.79 Å². The SMILES string of the molecule is CC/C(=C/C(=N)C(C)=O)NC. The highest BCUT2D eigenvalue weighted by atomic mass is 16.1. The van der Waals surface area contributed by atoms with E-state index in [1.54, 1.807) is 13.1 Å². The molecule has 0 aliphatic heterocycles. The minimum atomic E-state index is -0.203. The van der Waals surface area contributed by atoms with Gasteiger partial charge in [0.15, 0.2) is 5.78 Å². The summed E-state index contributed by atoms with van der Waals surface area (Å²) in [5, 5.41) is 10.1. The number of carbonyl (C=O) groups excluding carboxylic acids is 1. The lowest BCUT2D eigenvalue weighted by Gasteiger charge is -2.01. The molecule has 0 bridgehead atoms. The summed E-state index contributed by atoms with van der Waals surface area (Å²) in [5.74, 6) is -0.203. The van der Waals surface area contributed by atoms with Gasteiger partial charge in [0.2, 0.25) is 0 Å². The first-order valence-corrected chi connectivity index (χ1v) is 3.59. The van der Waals surface area contributed by atoms with Crippen molar-refractivity contribution < 1.29 is 4.79 Å².